The Morgan fingerprint density at radius 2 is 1.61 bits per heavy atom. The number of carbonyl (C=O) groups excluding carboxylic acids is 5. The Balaban J connectivity index is 1.54. The summed E-state index contributed by atoms with van der Waals surface area (Å²) in [5.41, 5.74) is 16.9. The Morgan fingerprint density at radius 3 is 2.25 bits per heavy atom. The van der Waals surface area contributed by atoms with Gasteiger partial charge >= 0.3 is 11.9 Å². The molecule has 3 aromatic rings. The van der Waals surface area contributed by atoms with Gasteiger partial charge in [0.05, 0.1) is 36.9 Å². The normalized spacial score (nSPS) is 12.9. The number of carbonyl (C=O) groups is 7. The highest BCUT2D eigenvalue weighted by atomic mass is 16.4. The van der Waals surface area contributed by atoms with E-state index < -0.39 is 77.3 Å². The lowest BCUT2D eigenvalue weighted by molar-refractivity contribution is -0.141. The van der Waals surface area contributed by atoms with E-state index in [4.69, 9.17) is 17.2 Å². The number of guanidine groups is 1. The fourth-order valence-corrected chi connectivity index (χ4v) is 5.40. The minimum absolute atomic E-state index is 0.0141. The number of nitrogens with two attached hydrogens (primary N) is 3. The summed E-state index contributed by atoms with van der Waals surface area (Å²) in [4.78, 5) is 118. The molecule has 0 saturated heterocycles. The topological polar surface area (TPSA) is 370 Å². The lowest BCUT2D eigenvalue weighted by atomic mass is 9.92. The first-order valence-electron chi connectivity index (χ1n) is 17.8. The highest BCUT2D eigenvalue weighted by molar-refractivity contribution is 5.97. The summed E-state index contributed by atoms with van der Waals surface area (Å²) in [5.74, 6) is -7.21. The number of fused-ring (bicyclic) bond motifs is 1. The molecule has 4 atom stereocenters. The molecular weight excluding hydrogens is 748 g/mol. The zero-order chi connectivity index (χ0) is 42.2. The van der Waals surface area contributed by atoms with E-state index in [9.17, 15) is 48.6 Å². The van der Waals surface area contributed by atoms with E-state index in [1.807, 2.05) is 0 Å². The van der Waals surface area contributed by atoms with Crippen LogP contribution in [0, 0.1) is 5.92 Å². The number of aliphatic imine (C=N–C) groups is 1. The molecule has 1 aromatic carbocycles. The van der Waals surface area contributed by atoms with Gasteiger partial charge in [-0.25, -0.2) is 14.8 Å². The van der Waals surface area contributed by atoms with Crippen LogP contribution in [-0.2, 0) is 35.3 Å². The molecule has 0 saturated carbocycles. The minimum Gasteiger partial charge on any atom is -0.481 e. The molecular formula is C35H46N12O10. The van der Waals surface area contributed by atoms with Crippen LogP contribution in [-0.4, -0.2) is 102 Å². The van der Waals surface area contributed by atoms with Crippen LogP contribution in [0.25, 0.3) is 11.2 Å². The zero-order valence-corrected chi connectivity index (χ0v) is 31.2. The van der Waals surface area contributed by atoms with Crippen LogP contribution < -0.4 is 44.0 Å². The summed E-state index contributed by atoms with van der Waals surface area (Å²) < 4.78 is 0. The number of aliphatic carboxylic acids is 2. The van der Waals surface area contributed by atoms with Gasteiger partial charge in [0.15, 0.2) is 28.7 Å². The Morgan fingerprint density at radius 1 is 0.912 bits per heavy atom. The number of amides is 3. The van der Waals surface area contributed by atoms with Crippen molar-refractivity contribution in [2.24, 2.45) is 22.4 Å². The molecule has 0 spiro atoms. The SMILES string of the molecule is CCC(=O)[C@H](CC(=O)O)NC(=O)[C@H](CCCN=C(N)N)CC(=O)[C@H](C)NC(=O)CC[C@H](NC(=O)c1ccc(NCc2cnc3nc(N)[nH]c(=O)c3n2)cc1)C(=O)O. The molecule has 22 heteroatoms. The van der Waals surface area contributed by atoms with Crippen molar-refractivity contribution in [3.8, 4) is 0 Å². The number of hydrogen-bond acceptors (Lipinski definition) is 14. The second-order valence-electron chi connectivity index (χ2n) is 12.9. The summed E-state index contributed by atoms with van der Waals surface area (Å²) in [5, 5.41) is 29.3. The van der Waals surface area contributed by atoms with Crippen LogP contribution in [0.3, 0.4) is 0 Å². The molecule has 0 radical (unpaired) electrons. The van der Waals surface area contributed by atoms with Crippen molar-refractivity contribution >= 4 is 70.0 Å². The fourth-order valence-electron chi connectivity index (χ4n) is 5.40. The molecule has 306 valence electrons. The first kappa shape index (κ1) is 44.4. The molecule has 0 aliphatic rings. The number of aromatic amines is 1. The number of aromatic nitrogens is 4. The fraction of sp³-hybridized carbons (Fsp3) is 0.429. The highest BCUT2D eigenvalue weighted by Gasteiger charge is 2.30. The largest absolute Gasteiger partial charge is 0.481 e. The number of ketones is 2. The molecule has 0 unspecified atom stereocenters. The van der Waals surface area contributed by atoms with Crippen molar-refractivity contribution < 1.29 is 43.8 Å². The predicted molar refractivity (Wildman–Crippen MR) is 204 cm³/mol. The third-order valence-electron chi connectivity index (χ3n) is 8.49. The van der Waals surface area contributed by atoms with E-state index in [1.54, 1.807) is 12.1 Å². The number of H-pyrrole nitrogens is 1. The molecule has 57 heavy (non-hydrogen) atoms. The molecule has 2 aromatic heterocycles. The first-order valence-corrected chi connectivity index (χ1v) is 17.8. The van der Waals surface area contributed by atoms with E-state index in [0.717, 1.165) is 0 Å². The van der Waals surface area contributed by atoms with Gasteiger partial charge in [-0.15, -0.1) is 0 Å². The second-order valence-corrected chi connectivity index (χ2v) is 12.9. The maximum atomic E-state index is 13.2. The van der Waals surface area contributed by atoms with Crippen molar-refractivity contribution in [3.63, 3.8) is 0 Å². The molecule has 22 nitrogen and oxygen atoms in total. The van der Waals surface area contributed by atoms with Crippen LogP contribution in [0.15, 0.2) is 40.2 Å². The number of hydrogen-bond donors (Lipinski definition) is 10. The van der Waals surface area contributed by atoms with Crippen LogP contribution in [0.1, 0.15) is 74.8 Å². The summed E-state index contributed by atoms with van der Waals surface area (Å²) in [6.45, 7) is 3.19. The quantitative estimate of drug-likeness (QED) is 0.0311. The van der Waals surface area contributed by atoms with E-state index in [1.165, 1.54) is 32.2 Å². The number of rotatable bonds is 23. The van der Waals surface area contributed by atoms with Gasteiger partial charge in [0.2, 0.25) is 17.8 Å². The van der Waals surface area contributed by atoms with Gasteiger partial charge in [0.25, 0.3) is 11.5 Å². The Hall–Kier alpha value is -7.00. The second kappa shape index (κ2) is 21.2. The minimum atomic E-state index is -1.46. The number of nitrogens with zero attached hydrogens (tertiary/aromatic N) is 4. The average Bonchev–Trinajstić information content (AvgIpc) is 3.15. The van der Waals surface area contributed by atoms with E-state index in [-0.39, 0.29) is 80.2 Å². The van der Waals surface area contributed by atoms with Crippen molar-refractivity contribution in [1.82, 2.24) is 35.9 Å². The van der Waals surface area contributed by atoms with Gasteiger partial charge in [-0.05, 0) is 50.5 Å². The molecule has 3 amide bonds. The van der Waals surface area contributed by atoms with Crippen LogP contribution in [0.5, 0.6) is 0 Å². The van der Waals surface area contributed by atoms with Gasteiger partial charge < -0.3 is 48.7 Å². The molecule has 0 aliphatic carbocycles. The predicted octanol–water partition coefficient (Wildman–Crippen LogP) is -1.06. The van der Waals surface area contributed by atoms with E-state index in [0.29, 0.717) is 11.4 Å². The molecule has 0 bridgehead atoms. The Kier molecular flexibility index (Phi) is 16.5. The van der Waals surface area contributed by atoms with Crippen LogP contribution >= 0.6 is 0 Å². The van der Waals surface area contributed by atoms with Crippen molar-refractivity contribution in [2.45, 2.75) is 83.5 Å². The number of Topliss-reactive ketones (excluding diaryl/α,β-unsaturated/α-hetero) is 2. The van der Waals surface area contributed by atoms with Gasteiger partial charge in [-0.1, -0.05) is 6.92 Å². The Bertz CT molecular complexity index is 2050. The first-order chi connectivity index (χ1) is 27.0. The van der Waals surface area contributed by atoms with Gasteiger partial charge in [-0.2, -0.15) is 4.98 Å². The maximum Gasteiger partial charge on any atom is 0.326 e. The van der Waals surface area contributed by atoms with Crippen molar-refractivity contribution in [1.29, 1.82) is 0 Å². The number of benzene rings is 1. The summed E-state index contributed by atoms with van der Waals surface area (Å²) in [6.07, 6.45) is 0.00855. The van der Waals surface area contributed by atoms with Gasteiger partial charge in [0.1, 0.15) is 6.04 Å². The molecule has 0 aliphatic heterocycles. The molecule has 0 fully saturated rings. The third kappa shape index (κ3) is 14.3. The molecule has 13 N–H and O–H groups in total. The third-order valence-corrected chi connectivity index (χ3v) is 8.49. The maximum absolute atomic E-state index is 13.2. The number of nitrogens with one attached hydrogen (secondary N) is 5. The Labute approximate surface area is 324 Å². The zero-order valence-electron chi connectivity index (χ0n) is 31.2. The number of carboxylic acids is 2. The van der Waals surface area contributed by atoms with E-state index in [2.05, 4.69) is 46.2 Å². The number of nitrogen functional groups attached to an aromatic ring is 1. The summed E-state index contributed by atoms with van der Waals surface area (Å²) in [6, 6.07) is 2.15. The summed E-state index contributed by atoms with van der Waals surface area (Å²) >= 11 is 0. The average molecular weight is 795 g/mol. The standard InChI is InChI=1S/C35H46N12O10/c1-3-24(48)23(14-27(51)52)45-31(54)19(5-4-12-39-34(36)37)13-25(49)17(2)42-26(50)11-10-22(33(56)57)44-30(53)18-6-8-20(9-7-18)40-15-21-16-41-29-28(43-21)32(55)47-35(38)46-29/h6-9,16-17,19,22-23,40H,3-5,10-15H2,1-2H3,(H,42,50)(H,44,53)(H,45,54)(H,51,52)(H,56,57)(H4,36,37,39)(H3,38,41,46,47,55)/t17-,19+,22-,23-/m0/s1. The molecule has 3 rings (SSSR count). The highest BCUT2D eigenvalue weighted by Crippen LogP contribution is 2.16. The van der Waals surface area contributed by atoms with Crippen molar-refractivity contribution in [2.75, 3.05) is 17.6 Å². The van der Waals surface area contributed by atoms with Crippen LogP contribution in [0.2, 0.25) is 0 Å². The lowest BCUT2D eigenvalue weighted by Crippen LogP contribution is -2.46. The monoisotopic (exact) mass is 794 g/mol. The summed E-state index contributed by atoms with van der Waals surface area (Å²) in [7, 11) is 0. The van der Waals surface area contributed by atoms with Gasteiger partial charge in [0, 0.05) is 43.0 Å². The van der Waals surface area contributed by atoms with Crippen LogP contribution in [0.4, 0.5) is 11.6 Å². The molecule has 2 heterocycles. The smallest absolute Gasteiger partial charge is 0.326 e. The van der Waals surface area contributed by atoms with E-state index >= 15 is 0 Å². The lowest BCUT2D eigenvalue weighted by Gasteiger charge is -2.22. The number of anilines is 2. The van der Waals surface area contributed by atoms with Crippen molar-refractivity contribution in [3.05, 3.63) is 52.1 Å². The van der Waals surface area contributed by atoms with Gasteiger partial charge in [-0.3, -0.25) is 43.5 Å². The number of carboxylic acid groups (broad SMARTS) is 2.